The Labute approximate surface area is 123 Å². The lowest BCUT2D eigenvalue weighted by atomic mass is 10.2. The molecule has 0 bridgehead atoms. The lowest BCUT2D eigenvalue weighted by Crippen LogP contribution is -2.36. The highest BCUT2D eigenvalue weighted by Crippen LogP contribution is 2.33. The van der Waals surface area contributed by atoms with Gasteiger partial charge >= 0.3 is 0 Å². The van der Waals surface area contributed by atoms with Crippen molar-refractivity contribution in [1.29, 1.82) is 0 Å². The van der Waals surface area contributed by atoms with E-state index in [0.29, 0.717) is 25.2 Å². The number of hydrogen-bond donors (Lipinski definition) is 1. The largest absolute Gasteiger partial charge is 0.313 e. The molecule has 1 heterocycles. The van der Waals surface area contributed by atoms with Crippen molar-refractivity contribution < 1.29 is 8.42 Å². The Morgan fingerprint density at radius 2 is 2.05 bits per heavy atom. The molecule has 0 spiro atoms. The molecule has 2 rings (SSSR count). The normalized spacial score (nSPS) is 28.4. The fourth-order valence-electron chi connectivity index (χ4n) is 3.24. The number of rotatable bonds is 8. The van der Waals surface area contributed by atoms with Crippen molar-refractivity contribution in [2.75, 3.05) is 32.4 Å². The highest BCUT2D eigenvalue weighted by atomic mass is 32.2. The molecule has 5 nitrogen and oxygen atoms in total. The smallest absolute Gasteiger partial charge is 0.211 e. The third-order valence-electron chi connectivity index (χ3n) is 4.48. The number of sulfonamides is 1. The first-order valence-corrected chi connectivity index (χ1v) is 9.71. The van der Waals surface area contributed by atoms with E-state index in [1.54, 1.807) is 4.31 Å². The first-order valence-electron chi connectivity index (χ1n) is 7.86. The fraction of sp³-hybridized carbons (Fsp3) is 1.00. The maximum absolute atomic E-state index is 11.5. The molecule has 0 aromatic rings. The van der Waals surface area contributed by atoms with Crippen LogP contribution in [0.4, 0.5) is 0 Å². The van der Waals surface area contributed by atoms with E-state index in [9.17, 15) is 8.42 Å². The molecular formula is C14H29N3O2S. The van der Waals surface area contributed by atoms with E-state index in [1.165, 1.54) is 25.5 Å². The predicted octanol–water partition coefficient (Wildman–Crippen LogP) is 0.873. The zero-order valence-electron chi connectivity index (χ0n) is 13.0. The second-order valence-electron chi connectivity index (χ2n) is 6.27. The maximum Gasteiger partial charge on any atom is 0.211 e. The molecule has 2 atom stereocenters. The van der Waals surface area contributed by atoms with Crippen LogP contribution in [-0.4, -0.2) is 68.2 Å². The summed E-state index contributed by atoms with van der Waals surface area (Å²) in [5, 5.41) is 3.59. The maximum atomic E-state index is 11.5. The molecule has 1 saturated heterocycles. The summed E-state index contributed by atoms with van der Waals surface area (Å²) < 4.78 is 24.5. The van der Waals surface area contributed by atoms with Gasteiger partial charge in [0.15, 0.2) is 0 Å². The summed E-state index contributed by atoms with van der Waals surface area (Å²) in [5.41, 5.74) is 0. The topological polar surface area (TPSA) is 52.6 Å². The second kappa shape index (κ2) is 6.73. The molecule has 1 aliphatic carbocycles. The Balaban J connectivity index is 1.64. The van der Waals surface area contributed by atoms with Gasteiger partial charge in [-0.25, -0.2) is 12.7 Å². The molecule has 0 aromatic carbocycles. The molecule has 1 aliphatic heterocycles. The van der Waals surface area contributed by atoms with Crippen LogP contribution in [0, 0.1) is 0 Å². The molecule has 20 heavy (non-hydrogen) atoms. The number of hydrogen-bond acceptors (Lipinski definition) is 4. The fourth-order valence-corrected chi connectivity index (χ4v) is 4.17. The van der Waals surface area contributed by atoms with E-state index in [2.05, 4.69) is 17.1 Å². The Morgan fingerprint density at radius 1 is 1.35 bits per heavy atom. The van der Waals surface area contributed by atoms with Crippen molar-refractivity contribution in [1.82, 2.24) is 14.5 Å². The molecule has 1 N–H and O–H groups in total. The van der Waals surface area contributed by atoms with Gasteiger partial charge in [0.1, 0.15) is 0 Å². The minimum atomic E-state index is -3.04. The highest BCUT2D eigenvalue weighted by Gasteiger charge is 2.38. The van der Waals surface area contributed by atoms with Gasteiger partial charge in [0.05, 0.1) is 6.26 Å². The van der Waals surface area contributed by atoms with E-state index in [4.69, 9.17) is 0 Å². The van der Waals surface area contributed by atoms with E-state index in [0.717, 1.165) is 25.6 Å². The Morgan fingerprint density at radius 3 is 2.60 bits per heavy atom. The summed E-state index contributed by atoms with van der Waals surface area (Å²) in [6.07, 6.45) is 6.14. The molecule has 1 saturated carbocycles. The van der Waals surface area contributed by atoms with Gasteiger partial charge in [0.25, 0.3) is 0 Å². The van der Waals surface area contributed by atoms with Gasteiger partial charge in [-0.15, -0.1) is 0 Å². The van der Waals surface area contributed by atoms with E-state index >= 15 is 0 Å². The quantitative estimate of drug-likeness (QED) is 0.676. The van der Waals surface area contributed by atoms with Crippen LogP contribution in [0.1, 0.15) is 39.5 Å². The van der Waals surface area contributed by atoms with Crippen molar-refractivity contribution in [2.45, 2.75) is 57.7 Å². The molecule has 118 valence electrons. The molecule has 6 heteroatoms. The predicted molar refractivity (Wildman–Crippen MR) is 82.3 cm³/mol. The van der Waals surface area contributed by atoms with Crippen LogP contribution in [0.3, 0.4) is 0 Å². The summed E-state index contributed by atoms with van der Waals surface area (Å²) in [6.45, 7) is 7.46. The van der Waals surface area contributed by atoms with E-state index in [1.807, 2.05) is 6.92 Å². The summed E-state index contributed by atoms with van der Waals surface area (Å²) in [6, 6.07) is 2.12. The lowest BCUT2D eigenvalue weighted by Gasteiger charge is -2.20. The average Bonchev–Trinajstić information content (AvgIpc) is 3.12. The molecular weight excluding hydrogens is 274 g/mol. The number of nitrogens with one attached hydrogen (secondary N) is 1. The summed E-state index contributed by atoms with van der Waals surface area (Å²) >= 11 is 0. The minimum absolute atomic E-state index is 0.564. The third kappa shape index (κ3) is 4.41. The van der Waals surface area contributed by atoms with Gasteiger partial charge in [-0.05, 0) is 39.2 Å². The van der Waals surface area contributed by atoms with Crippen molar-refractivity contribution in [3.05, 3.63) is 0 Å². The molecule has 2 unspecified atom stereocenters. The standard InChI is InChI=1S/C14H29N3O2S/c1-4-16(20(3,18)19)9-5-8-15-13-10-12(2)17(11-13)14-6-7-14/h12-15H,4-11H2,1-3H3. The first-order chi connectivity index (χ1) is 9.41. The van der Waals surface area contributed by atoms with Gasteiger partial charge in [-0.2, -0.15) is 0 Å². The van der Waals surface area contributed by atoms with Crippen molar-refractivity contribution in [2.24, 2.45) is 0 Å². The van der Waals surface area contributed by atoms with Gasteiger partial charge in [0, 0.05) is 37.8 Å². The van der Waals surface area contributed by atoms with Crippen molar-refractivity contribution in [3.8, 4) is 0 Å². The summed E-state index contributed by atoms with van der Waals surface area (Å²) in [4.78, 5) is 2.63. The van der Waals surface area contributed by atoms with Crippen LogP contribution in [0.2, 0.25) is 0 Å². The number of likely N-dealkylation sites (tertiary alicyclic amines) is 1. The lowest BCUT2D eigenvalue weighted by molar-refractivity contribution is 0.255. The van der Waals surface area contributed by atoms with E-state index < -0.39 is 10.0 Å². The van der Waals surface area contributed by atoms with Crippen LogP contribution in [0.25, 0.3) is 0 Å². The first kappa shape index (κ1) is 16.2. The SMILES string of the molecule is CCN(CCCNC1CC(C)N(C2CC2)C1)S(C)(=O)=O. The molecule has 2 aliphatic rings. The number of nitrogens with zero attached hydrogens (tertiary/aromatic N) is 2. The van der Waals surface area contributed by atoms with Crippen LogP contribution in [0.15, 0.2) is 0 Å². The van der Waals surface area contributed by atoms with Crippen LogP contribution in [-0.2, 0) is 10.0 Å². The van der Waals surface area contributed by atoms with Gasteiger partial charge in [-0.3, -0.25) is 4.90 Å². The Kier molecular flexibility index (Phi) is 5.45. The molecule has 0 amide bonds. The average molecular weight is 303 g/mol. The van der Waals surface area contributed by atoms with Crippen LogP contribution in [0.5, 0.6) is 0 Å². The van der Waals surface area contributed by atoms with Crippen molar-refractivity contribution >= 4 is 10.0 Å². The van der Waals surface area contributed by atoms with Crippen molar-refractivity contribution in [3.63, 3.8) is 0 Å². The molecule has 2 fully saturated rings. The third-order valence-corrected chi connectivity index (χ3v) is 5.86. The molecule has 0 radical (unpaired) electrons. The van der Waals surface area contributed by atoms with Crippen LogP contribution >= 0.6 is 0 Å². The summed E-state index contributed by atoms with van der Waals surface area (Å²) in [7, 11) is -3.04. The van der Waals surface area contributed by atoms with E-state index in [-0.39, 0.29) is 0 Å². The van der Waals surface area contributed by atoms with Gasteiger partial charge in [-0.1, -0.05) is 6.92 Å². The van der Waals surface area contributed by atoms with Crippen LogP contribution < -0.4 is 5.32 Å². The zero-order chi connectivity index (χ0) is 14.8. The molecule has 0 aromatic heterocycles. The Hall–Kier alpha value is -0.170. The second-order valence-corrected chi connectivity index (χ2v) is 8.25. The minimum Gasteiger partial charge on any atom is -0.313 e. The zero-order valence-corrected chi connectivity index (χ0v) is 13.8. The highest BCUT2D eigenvalue weighted by molar-refractivity contribution is 7.88. The van der Waals surface area contributed by atoms with Gasteiger partial charge in [0.2, 0.25) is 10.0 Å². The Bertz CT molecular complexity index is 409. The monoisotopic (exact) mass is 303 g/mol. The summed E-state index contributed by atoms with van der Waals surface area (Å²) in [5.74, 6) is 0. The van der Waals surface area contributed by atoms with Gasteiger partial charge < -0.3 is 5.32 Å².